The molecule has 14 heavy (non-hydrogen) atoms. The van der Waals surface area contributed by atoms with Crippen molar-refractivity contribution in [1.82, 2.24) is 10.1 Å². The van der Waals surface area contributed by atoms with Gasteiger partial charge in [0.25, 0.3) is 0 Å². The molecule has 2 saturated carbocycles. The summed E-state index contributed by atoms with van der Waals surface area (Å²) in [7, 11) is 0. The topological polar surface area (TPSA) is 77.0 Å². The van der Waals surface area contributed by atoms with Crippen molar-refractivity contribution in [2.45, 2.75) is 31.6 Å². The summed E-state index contributed by atoms with van der Waals surface area (Å²) in [4.78, 5) is 4.24. The Kier molecular flexibility index (Phi) is 1.73. The van der Waals surface area contributed by atoms with E-state index in [4.69, 9.17) is 10.4 Å². The van der Waals surface area contributed by atoms with E-state index in [-0.39, 0.29) is 0 Å². The smallest absolute Gasteiger partial charge is 0.314 e. The molecule has 1 aromatic heterocycles. The molecule has 5 heteroatoms. The van der Waals surface area contributed by atoms with E-state index in [1.807, 2.05) is 0 Å². The third-order valence-electron chi connectivity index (χ3n) is 3.12. The Balaban J connectivity index is 1.82. The van der Waals surface area contributed by atoms with Crippen LogP contribution in [-0.2, 0) is 0 Å². The van der Waals surface area contributed by atoms with Gasteiger partial charge in [-0.15, -0.1) is 0 Å². The van der Waals surface area contributed by atoms with E-state index in [2.05, 4.69) is 15.6 Å². The molecule has 0 bridgehead atoms. The van der Waals surface area contributed by atoms with E-state index >= 15 is 0 Å². The first-order chi connectivity index (χ1) is 6.88. The third-order valence-corrected chi connectivity index (χ3v) is 3.12. The number of nitrogens with one attached hydrogen (secondary N) is 1. The summed E-state index contributed by atoms with van der Waals surface area (Å²) in [6, 6.07) is 0.325. The molecule has 0 unspecified atom stereocenters. The molecule has 2 aliphatic rings. The monoisotopic (exact) mass is 194 g/mol. The molecule has 0 amide bonds. The van der Waals surface area contributed by atoms with Crippen LogP contribution in [0.1, 0.15) is 37.4 Å². The standard InChI is InChI=1S/C9H14N4O/c10-12-9-11-8(13-14-9)7(5-1-2-5)6-3-4-6/h5-7H,1-4,10H2,(H,11,12,13). The van der Waals surface area contributed by atoms with Gasteiger partial charge in [0.05, 0.1) is 0 Å². The highest BCUT2D eigenvalue weighted by Crippen LogP contribution is 2.53. The average molecular weight is 194 g/mol. The van der Waals surface area contributed by atoms with Crippen LogP contribution in [-0.4, -0.2) is 10.1 Å². The molecule has 0 saturated heterocycles. The van der Waals surface area contributed by atoms with Crippen molar-refractivity contribution in [2.24, 2.45) is 17.7 Å². The normalized spacial score (nSPS) is 21.6. The van der Waals surface area contributed by atoms with Crippen molar-refractivity contribution < 1.29 is 4.52 Å². The first kappa shape index (κ1) is 8.23. The van der Waals surface area contributed by atoms with Crippen LogP contribution in [0.4, 0.5) is 6.01 Å². The van der Waals surface area contributed by atoms with Gasteiger partial charge in [-0.2, -0.15) is 4.98 Å². The summed E-state index contributed by atoms with van der Waals surface area (Å²) in [5.41, 5.74) is 2.38. The van der Waals surface area contributed by atoms with E-state index in [9.17, 15) is 0 Å². The lowest BCUT2D eigenvalue weighted by Crippen LogP contribution is -2.09. The Bertz CT molecular complexity index is 317. The predicted molar refractivity (Wildman–Crippen MR) is 50.3 cm³/mol. The Morgan fingerprint density at radius 2 is 1.93 bits per heavy atom. The second kappa shape index (κ2) is 2.95. The SMILES string of the molecule is NNc1nc(C(C2CC2)C2CC2)no1. The highest BCUT2D eigenvalue weighted by Gasteiger charge is 2.44. The number of nitrogen functional groups attached to an aromatic ring is 1. The lowest BCUT2D eigenvalue weighted by Gasteiger charge is -2.08. The van der Waals surface area contributed by atoms with Crippen molar-refractivity contribution in [3.8, 4) is 0 Å². The molecule has 0 aromatic carbocycles. The highest BCUT2D eigenvalue weighted by atomic mass is 16.5. The zero-order valence-electron chi connectivity index (χ0n) is 7.94. The first-order valence-electron chi connectivity index (χ1n) is 5.18. The zero-order valence-corrected chi connectivity index (χ0v) is 7.94. The van der Waals surface area contributed by atoms with E-state index in [0.717, 1.165) is 17.7 Å². The molecule has 0 aliphatic heterocycles. The molecule has 2 aliphatic carbocycles. The summed E-state index contributed by atoms with van der Waals surface area (Å²) in [6.07, 6.45) is 5.28. The van der Waals surface area contributed by atoms with Crippen molar-refractivity contribution in [3.63, 3.8) is 0 Å². The maximum atomic E-state index is 5.20. The van der Waals surface area contributed by atoms with Crippen LogP contribution in [0.25, 0.3) is 0 Å². The number of anilines is 1. The van der Waals surface area contributed by atoms with Crippen LogP contribution in [0.5, 0.6) is 0 Å². The number of rotatable bonds is 4. The lowest BCUT2D eigenvalue weighted by molar-refractivity contribution is 0.402. The molecular formula is C9H14N4O. The van der Waals surface area contributed by atoms with Gasteiger partial charge in [-0.25, -0.2) is 5.84 Å². The number of nitrogens with two attached hydrogens (primary N) is 1. The van der Waals surface area contributed by atoms with Gasteiger partial charge >= 0.3 is 6.01 Å². The first-order valence-corrected chi connectivity index (χ1v) is 5.18. The van der Waals surface area contributed by atoms with E-state index in [1.54, 1.807) is 0 Å². The summed E-state index contributed by atoms with van der Waals surface area (Å²) in [5, 5.41) is 3.98. The minimum atomic E-state index is 0.325. The van der Waals surface area contributed by atoms with Gasteiger partial charge < -0.3 is 4.52 Å². The fraction of sp³-hybridized carbons (Fsp3) is 0.778. The maximum Gasteiger partial charge on any atom is 0.335 e. The van der Waals surface area contributed by atoms with Gasteiger partial charge in [0.2, 0.25) is 0 Å². The van der Waals surface area contributed by atoms with Crippen LogP contribution in [0.3, 0.4) is 0 Å². The van der Waals surface area contributed by atoms with Crippen molar-refractivity contribution in [2.75, 3.05) is 5.43 Å². The van der Waals surface area contributed by atoms with E-state index in [1.165, 1.54) is 25.7 Å². The van der Waals surface area contributed by atoms with Gasteiger partial charge in [0, 0.05) is 5.92 Å². The summed E-state index contributed by atoms with van der Waals surface area (Å²) in [6.45, 7) is 0. The van der Waals surface area contributed by atoms with Gasteiger partial charge in [-0.3, -0.25) is 5.43 Å². The predicted octanol–water partition coefficient (Wildman–Crippen LogP) is 1.26. The molecular weight excluding hydrogens is 180 g/mol. The molecule has 3 N–H and O–H groups in total. The molecule has 2 fully saturated rings. The molecule has 76 valence electrons. The molecule has 0 atom stereocenters. The number of hydrogen-bond donors (Lipinski definition) is 2. The highest BCUT2D eigenvalue weighted by molar-refractivity contribution is 5.18. The summed E-state index contributed by atoms with van der Waals surface area (Å²) in [5.74, 6) is 8.17. The van der Waals surface area contributed by atoms with Crippen LogP contribution >= 0.6 is 0 Å². The number of hydrogen-bond acceptors (Lipinski definition) is 5. The van der Waals surface area contributed by atoms with Gasteiger partial charge in [-0.1, -0.05) is 5.16 Å². The lowest BCUT2D eigenvalue weighted by atomic mass is 9.97. The third kappa shape index (κ3) is 1.37. The molecule has 1 aromatic rings. The van der Waals surface area contributed by atoms with Gasteiger partial charge in [-0.05, 0) is 37.5 Å². The summed E-state index contributed by atoms with van der Waals surface area (Å²) >= 11 is 0. The Morgan fingerprint density at radius 1 is 1.29 bits per heavy atom. The minimum absolute atomic E-state index is 0.325. The molecule has 1 heterocycles. The largest absolute Gasteiger partial charge is 0.335 e. The second-order valence-electron chi connectivity index (χ2n) is 4.30. The van der Waals surface area contributed by atoms with Crippen molar-refractivity contribution in [3.05, 3.63) is 5.82 Å². The maximum absolute atomic E-state index is 5.20. The fourth-order valence-corrected chi connectivity index (χ4v) is 2.15. The minimum Gasteiger partial charge on any atom is -0.314 e. The van der Waals surface area contributed by atoms with Crippen LogP contribution in [0.15, 0.2) is 4.52 Å². The van der Waals surface area contributed by atoms with Crippen LogP contribution in [0, 0.1) is 11.8 Å². The summed E-state index contributed by atoms with van der Waals surface area (Å²) < 4.78 is 4.95. The quantitative estimate of drug-likeness (QED) is 0.557. The van der Waals surface area contributed by atoms with Crippen molar-refractivity contribution >= 4 is 6.01 Å². The zero-order chi connectivity index (χ0) is 9.54. The van der Waals surface area contributed by atoms with E-state index in [0.29, 0.717) is 11.9 Å². The molecule has 0 radical (unpaired) electrons. The van der Waals surface area contributed by atoms with Crippen LogP contribution in [0.2, 0.25) is 0 Å². The van der Waals surface area contributed by atoms with Crippen molar-refractivity contribution in [1.29, 1.82) is 0 Å². The molecule has 3 rings (SSSR count). The fourth-order valence-electron chi connectivity index (χ4n) is 2.15. The Hall–Kier alpha value is -1.10. The Morgan fingerprint density at radius 3 is 2.36 bits per heavy atom. The van der Waals surface area contributed by atoms with E-state index < -0.39 is 0 Å². The van der Waals surface area contributed by atoms with Gasteiger partial charge in [0.1, 0.15) is 0 Å². The number of hydrazine groups is 1. The van der Waals surface area contributed by atoms with Crippen LogP contribution < -0.4 is 11.3 Å². The second-order valence-corrected chi connectivity index (χ2v) is 4.30. The molecule has 5 nitrogen and oxygen atoms in total. The molecule has 0 spiro atoms. The average Bonchev–Trinajstić information content (AvgIpc) is 3.08. The number of aromatic nitrogens is 2. The van der Waals surface area contributed by atoms with Gasteiger partial charge in [0.15, 0.2) is 5.82 Å². The Labute approximate surface area is 82.0 Å². The number of nitrogens with zero attached hydrogens (tertiary/aromatic N) is 2.